The number of halogens is 1. The molecule has 1 aromatic carbocycles. The predicted molar refractivity (Wildman–Crippen MR) is 77.4 cm³/mol. The highest BCUT2D eigenvalue weighted by Crippen LogP contribution is 2.20. The molecule has 1 atom stereocenters. The van der Waals surface area contributed by atoms with Gasteiger partial charge in [-0.25, -0.2) is 8.42 Å². The second-order valence-electron chi connectivity index (χ2n) is 4.87. The first-order chi connectivity index (χ1) is 8.46. The zero-order valence-electron chi connectivity index (χ0n) is 10.4. The molecule has 1 aliphatic heterocycles. The van der Waals surface area contributed by atoms with Gasteiger partial charge in [-0.1, -0.05) is 28.1 Å². The first kappa shape index (κ1) is 14.0. The molecule has 1 saturated heterocycles. The van der Waals surface area contributed by atoms with Gasteiger partial charge in [0.15, 0.2) is 0 Å². The van der Waals surface area contributed by atoms with Crippen LogP contribution in [0.1, 0.15) is 31.4 Å². The van der Waals surface area contributed by atoms with E-state index in [-0.39, 0.29) is 6.04 Å². The zero-order chi connectivity index (χ0) is 13.2. The van der Waals surface area contributed by atoms with Crippen LogP contribution in [0.5, 0.6) is 0 Å². The van der Waals surface area contributed by atoms with E-state index in [4.69, 9.17) is 0 Å². The van der Waals surface area contributed by atoms with Crippen LogP contribution in [0.25, 0.3) is 0 Å². The molecule has 0 spiro atoms. The Labute approximate surface area is 117 Å². The molecule has 3 nitrogen and oxygen atoms in total. The number of benzene rings is 1. The average Bonchev–Trinajstić information content (AvgIpc) is 2.33. The van der Waals surface area contributed by atoms with Gasteiger partial charge in [0.05, 0.1) is 11.5 Å². The Morgan fingerprint density at radius 2 is 1.78 bits per heavy atom. The van der Waals surface area contributed by atoms with Crippen LogP contribution in [0.15, 0.2) is 28.7 Å². The molecule has 0 aromatic heterocycles. The van der Waals surface area contributed by atoms with Gasteiger partial charge in [0.1, 0.15) is 9.84 Å². The lowest BCUT2D eigenvalue weighted by molar-refractivity contribution is 0.420. The average molecular weight is 332 g/mol. The minimum absolute atomic E-state index is 0.254. The fraction of sp³-hybridized carbons (Fsp3) is 0.538. The Balaban J connectivity index is 1.92. The van der Waals surface area contributed by atoms with E-state index in [1.165, 1.54) is 5.56 Å². The molecular weight excluding hydrogens is 314 g/mol. The van der Waals surface area contributed by atoms with Crippen LogP contribution in [-0.2, 0) is 9.84 Å². The fourth-order valence-corrected chi connectivity index (χ4v) is 4.01. The second-order valence-corrected chi connectivity index (χ2v) is 8.09. The van der Waals surface area contributed by atoms with Crippen molar-refractivity contribution >= 4 is 25.8 Å². The van der Waals surface area contributed by atoms with Crippen molar-refractivity contribution < 1.29 is 8.42 Å². The van der Waals surface area contributed by atoms with E-state index in [2.05, 4.69) is 40.3 Å². The topological polar surface area (TPSA) is 46.2 Å². The summed E-state index contributed by atoms with van der Waals surface area (Å²) in [7, 11) is -2.77. The van der Waals surface area contributed by atoms with Crippen LogP contribution >= 0.6 is 15.9 Å². The van der Waals surface area contributed by atoms with Crippen LogP contribution in [0.4, 0.5) is 0 Å². The Hall–Kier alpha value is -0.390. The normalized spacial score (nSPS) is 21.7. The molecule has 0 saturated carbocycles. The van der Waals surface area contributed by atoms with E-state index < -0.39 is 9.84 Å². The molecule has 1 aromatic rings. The first-order valence-electron chi connectivity index (χ1n) is 6.18. The summed E-state index contributed by atoms with van der Waals surface area (Å²) in [6.45, 7) is 2.12. The van der Waals surface area contributed by atoms with Gasteiger partial charge in [-0.05, 0) is 37.5 Å². The van der Waals surface area contributed by atoms with Crippen molar-refractivity contribution in [2.75, 3.05) is 11.5 Å². The Morgan fingerprint density at radius 1 is 1.22 bits per heavy atom. The molecule has 100 valence electrons. The van der Waals surface area contributed by atoms with Crippen molar-refractivity contribution in [2.24, 2.45) is 0 Å². The summed E-state index contributed by atoms with van der Waals surface area (Å²) in [6.07, 6.45) is 1.45. The van der Waals surface area contributed by atoms with E-state index in [1.54, 1.807) is 0 Å². The highest BCUT2D eigenvalue weighted by molar-refractivity contribution is 9.10. The maximum absolute atomic E-state index is 11.4. The second kappa shape index (κ2) is 5.72. The summed E-state index contributed by atoms with van der Waals surface area (Å²) >= 11 is 3.42. The van der Waals surface area contributed by atoms with Crippen molar-refractivity contribution in [2.45, 2.75) is 31.8 Å². The molecule has 5 heteroatoms. The van der Waals surface area contributed by atoms with Gasteiger partial charge < -0.3 is 5.32 Å². The summed E-state index contributed by atoms with van der Waals surface area (Å²) in [5.41, 5.74) is 1.23. The smallest absolute Gasteiger partial charge is 0.150 e. The van der Waals surface area contributed by atoms with E-state index in [1.807, 2.05) is 12.1 Å². The van der Waals surface area contributed by atoms with Crippen LogP contribution < -0.4 is 5.32 Å². The van der Waals surface area contributed by atoms with Crippen molar-refractivity contribution in [1.29, 1.82) is 0 Å². The highest BCUT2D eigenvalue weighted by Gasteiger charge is 2.24. The maximum Gasteiger partial charge on any atom is 0.150 e. The van der Waals surface area contributed by atoms with Crippen molar-refractivity contribution in [3.8, 4) is 0 Å². The summed E-state index contributed by atoms with van der Waals surface area (Å²) in [4.78, 5) is 0. The van der Waals surface area contributed by atoms with Crippen LogP contribution in [0.3, 0.4) is 0 Å². The SMILES string of the molecule is CC(NC1CCS(=O)(=O)CC1)c1ccc(Br)cc1. The molecule has 2 rings (SSSR count). The summed E-state index contributed by atoms with van der Waals surface area (Å²) < 4.78 is 23.8. The maximum atomic E-state index is 11.4. The number of hydrogen-bond acceptors (Lipinski definition) is 3. The van der Waals surface area contributed by atoms with Crippen molar-refractivity contribution in [1.82, 2.24) is 5.32 Å². The third-order valence-electron chi connectivity index (χ3n) is 3.41. The molecule has 1 aliphatic rings. The summed E-state index contributed by atoms with van der Waals surface area (Å²) in [5, 5.41) is 3.51. The minimum Gasteiger partial charge on any atom is -0.307 e. The van der Waals surface area contributed by atoms with Crippen LogP contribution in [-0.4, -0.2) is 26.0 Å². The molecule has 0 radical (unpaired) electrons. The molecular formula is C13H18BrNO2S. The molecule has 1 unspecified atom stereocenters. The largest absolute Gasteiger partial charge is 0.307 e. The molecule has 18 heavy (non-hydrogen) atoms. The van der Waals surface area contributed by atoms with Gasteiger partial charge in [-0.3, -0.25) is 0 Å². The van der Waals surface area contributed by atoms with Crippen molar-refractivity contribution in [3.05, 3.63) is 34.3 Å². The lowest BCUT2D eigenvalue weighted by Crippen LogP contribution is -2.38. The Morgan fingerprint density at radius 3 is 2.33 bits per heavy atom. The van der Waals surface area contributed by atoms with Gasteiger partial charge in [0.2, 0.25) is 0 Å². The van der Waals surface area contributed by atoms with Gasteiger partial charge in [0.25, 0.3) is 0 Å². The highest BCUT2D eigenvalue weighted by atomic mass is 79.9. The Bertz CT molecular complexity index is 484. The standard InChI is InChI=1S/C13H18BrNO2S/c1-10(11-2-4-12(14)5-3-11)15-13-6-8-18(16,17)9-7-13/h2-5,10,13,15H,6-9H2,1H3. The molecule has 1 N–H and O–H groups in total. The monoisotopic (exact) mass is 331 g/mol. The third-order valence-corrected chi connectivity index (χ3v) is 5.65. The Kier molecular flexibility index (Phi) is 4.45. The molecule has 1 fully saturated rings. The molecule has 1 heterocycles. The lowest BCUT2D eigenvalue weighted by Gasteiger charge is -2.26. The molecule has 0 bridgehead atoms. The summed E-state index contributed by atoms with van der Waals surface area (Å²) in [6, 6.07) is 8.79. The number of nitrogens with one attached hydrogen (secondary N) is 1. The minimum atomic E-state index is -2.77. The lowest BCUT2D eigenvalue weighted by atomic mass is 10.1. The predicted octanol–water partition coefficient (Wildman–Crippen LogP) is 2.68. The summed E-state index contributed by atoms with van der Waals surface area (Å²) in [5.74, 6) is 0.634. The zero-order valence-corrected chi connectivity index (χ0v) is 12.8. The van der Waals surface area contributed by atoms with E-state index in [9.17, 15) is 8.42 Å². The van der Waals surface area contributed by atoms with Gasteiger partial charge in [-0.15, -0.1) is 0 Å². The van der Waals surface area contributed by atoms with Gasteiger partial charge >= 0.3 is 0 Å². The van der Waals surface area contributed by atoms with Crippen LogP contribution in [0.2, 0.25) is 0 Å². The third kappa shape index (κ3) is 3.80. The van der Waals surface area contributed by atoms with Gasteiger partial charge in [0, 0.05) is 16.6 Å². The van der Waals surface area contributed by atoms with Crippen LogP contribution in [0, 0.1) is 0 Å². The van der Waals surface area contributed by atoms with E-state index in [0.717, 1.165) is 17.3 Å². The molecule has 0 aliphatic carbocycles. The fourth-order valence-electron chi connectivity index (χ4n) is 2.26. The van der Waals surface area contributed by atoms with E-state index >= 15 is 0 Å². The first-order valence-corrected chi connectivity index (χ1v) is 8.80. The van der Waals surface area contributed by atoms with Gasteiger partial charge in [-0.2, -0.15) is 0 Å². The quantitative estimate of drug-likeness (QED) is 0.926. The van der Waals surface area contributed by atoms with E-state index in [0.29, 0.717) is 17.5 Å². The number of rotatable bonds is 3. The number of sulfone groups is 1. The molecule has 0 amide bonds. The number of hydrogen-bond donors (Lipinski definition) is 1. The van der Waals surface area contributed by atoms with Crippen molar-refractivity contribution in [3.63, 3.8) is 0 Å².